The predicted molar refractivity (Wildman–Crippen MR) is 61.9 cm³/mol. The number of carbonyl (C=O) groups excluding carboxylic acids is 1. The van der Waals surface area contributed by atoms with Crippen LogP contribution in [0.25, 0.3) is 0 Å². The molecule has 0 aliphatic rings. The van der Waals surface area contributed by atoms with Gasteiger partial charge in [0.15, 0.2) is 5.76 Å². The Bertz CT molecular complexity index is 338. The highest BCUT2D eigenvalue weighted by molar-refractivity contribution is 6.21. The molecule has 90 valence electrons. The minimum atomic E-state index is -0.249. The Morgan fingerprint density at radius 2 is 2.38 bits per heavy atom. The van der Waals surface area contributed by atoms with E-state index in [2.05, 4.69) is 5.32 Å². The van der Waals surface area contributed by atoms with Crippen LogP contribution < -0.4 is 5.32 Å². The molecule has 16 heavy (non-hydrogen) atoms. The highest BCUT2D eigenvalue weighted by Gasteiger charge is 2.12. The van der Waals surface area contributed by atoms with Crippen LogP contribution in [0.2, 0.25) is 0 Å². The molecule has 0 saturated heterocycles. The Kier molecular flexibility index (Phi) is 5.35. The van der Waals surface area contributed by atoms with Crippen LogP contribution in [0, 0.1) is 0 Å². The van der Waals surface area contributed by atoms with Gasteiger partial charge >= 0.3 is 0 Å². The van der Waals surface area contributed by atoms with E-state index < -0.39 is 0 Å². The summed E-state index contributed by atoms with van der Waals surface area (Å²) in [4.78, 5) is 11.6. The first-order valence-electron chi connectivity index (χ1n) is 5.17. The minimum Gasteiger partial charge on any atom is -0.456 e. The standard InChI is InChI=1S/C11H16ClNO3/c1-3-9-4-5-10(16-9)11(14)13-6-8(12)7-15-2/h4-5,8H,3,6-7H2,1-2H3,(H,13,14). The van der Waals surface area contributed by atoms with E-state index in [1.165, 1.54) is 0 Å². The van der Waals surface area contributed by atoms with Gasteiger partial charge in [-0.2, -0.15) is 0 Å². The fourth-order valence-electron chi connectivity index (χ4n) is 1.22. The van der Waals surface area contributed by atoms with Gasteiger partial charge in [-0.05, 0) is 12.1 Å². The van der Waals surface area contributed by atoms with Gasteiger partial charge < -0.3 is 14.5 Å². The van der Waals surface area contributed by atoms with Crippen LogP contribution in [-0.4, -0.2) is 31.5 Å². The van der Waals surface area contributed by atoms with E-state index in [0.717, 1.165) is 12.2 Å². The van der Waals surface area contributed by atoms with Crippen LogP contribution in [0.1, 0.15) is 23.2 Å². The second-order valence-corrected chi connectivity index (χ2v) is 4.00. The molecule has 1 unspecified atom stereocenters. The Morgan fingerprint density at radius 1 is 1.62 bits per heavy atom. The molecule has 1 aromatic rings. The van der Waals surface area contributed by atoms with Crippen molar-refractivity contribution < 1.29 is 13.9 Å². The van der Waals surface area contributed by atoms with Crippen molar-refractivity contribution in [2.24, 2.45) is 0 Å². The van der Waals surface area contributed by atoms with Gasteiger partial charge in [-0.3, -0.25) is 4.79 Å². The third-order valence-electron chi connectivity index (χ3n) is 2.07. The maximum Gasteiger partial charge on any atom is 0.287 e. The molecule has 0 fully saturated rings. The van der Waals surface area contributed by atoms with Gasteiger partial charge in [0, 0.05) is 20.1 Å². The largest absolute Gasteiger partial charge is 0.456 e. The second-order valence-electron chi connectivity index (χ2n) is 3.38. The molecule has 1 amide bonds. The molecular formula is C11H16ClNO3. The van der Waals surface area contributed by atoms with Crippen molar-refractivity contribution in [3.63, 3.8) is 0 Å². The van der Waals surface area contributed by atoms with Crippen molar-refractivity contribution in [3.05, 3.63) is 23.7 Å². The molecule has 1 N–H and O–H groups in total. The van der Waals surface area contributed by atoms with Crippen molar-refractivity contribution in [3.8, 4) is 0 Å². The number of ether oxygens (including phenoxy) is 1. The minimum absolute atomic E-state index is 0.227. The summed E-state index contributed by atoms with van der Waals surface area (Å²) in [5.41, 5.74) is 0. The number of hydrogen-bond donors (Lipinski definition) is 1. The van der Waals surface area contributed by atoms with Crippen LogP contribution in [0.3, 0.4) is 0 Å². The summed E-state index contributed by atoms with van der Waals surface area (Å²) in [7, 11) is 1.57. The lowest BCUT2D eigenvalue weighted by Gasteiger charge is -2.08. The maximum atomic E-state index is 11.6. The summed E-state index contributed by atoms with van der Waals surface area (Å²) >= 11 is 5.87. The molecule has 4 nitrogen and oxygen atoms in total. The maximum absolute atomic E-state index is 11.6. The van der Waals surface area contributed by atoms with E-state index in [4.69, 9.17) is 20.8 Å². The lowest BCUT2D eigenvalue weighted by molar-refractivity contribution is 0.0920. The number of alkyl halides is 1. The second kappa shape index (κ2) is 6.55. The van der Waals surface area contributed by atoms with E-state index in [1.807, 2.05) is 6.92 Å². The zero-order valence-electron chi connectivity index (χ0n) is 9.46. The molecular weight excluding hydrogens is 230 g/mol. The molecule has 0 spiro atoms. The van der Waals surface area contributed by atoms with Gasteiger partial charge in [-0.15, -0.1) is 11.6 Å². The van der Waals surface area contributed by atoms with Crippen molar-refractivity contribution in [1.29, 1.82) is 0 Å². The number of carbonyl (C=O) groups is 1. The lowest BCUT2D eigenvalue weighted by Crippen LogP contribution is -2.31. The normalized spacial score (nSPS) is 12.4. The topological polar surface area (TPSA) is 51.5 Å². The molecule has 0 aliphatic heterocycles. The molecule has 0 aliphatic carbocycles. The van der Waals surface area contributed by atoms with Gasteiger partial charge in [-0.1, -0.05) is 6.92 Å². The molecule has 1 aromatic heterocycles. The Morgan fingerprint density at radius 3 is 2.94 bits per heavy atom. The van der Waals surface area contributed by atoms with Crippen LogP contribution in [0.5, 0.6) is 0 Å². The Balaban J connectivity index is 2.40. The summed E-state index contributed by atoms with van der Waals surface area (Å²) in [5.74, 6) is 0.865. The van der Waals surface area contributed by atoms with Gasteiger partial charge in [0.05, 0.1) is 12.0 Å². The first kappa shape index (κ1) is 13.1. The zero-order chi connectivity index (χ0) is 12.0. The molecule has 1 rings (SSSR count). The first-order valence-corrected chi connectivity index (χ1v) is 5.61. The molecule has 0 aromatic carbocycles. The first-order chi connectivity index (χ1) is 7.67. The third kappa shape index (κ3) is 3.87. The summed E-state index contributed by atoms with van der Waals surface area (Å²) in [6.07, 6.45) is 0.773. The molecule has 1 atom stereocenters. The Hall–Kier alpha value is -1.00. The summed E-state index contributed by atoms with van der Waals surface area (Å²) in [6.45, 7) is 2.73. The summed E-state index contributed by atoms with van der Waals surface area (Å²) in [5, 5.41) is 2.45. The number of nitrogens with one attached hydrogen (secondary N) is 1. The molecule has 1 heterocycles. The average Bonchev–Trinajstić information content (AvgIpc) is 2.75. The van der Waals surface area contributed by atoms with E-state index in [-0.39, 0.29) is 11.3 Å². The van der Waals surface area contributed by atoms with E-state index in [9.17, 15) is 4.79 Å². The summed E-state index contributed by atoms with van der Waals surface area (Å²) in [6, 6.07) is 3.45. The third-order valence-corrected chi connectivity index (χ3v) is 2.35. The van der Waals surface area contributed by atoms with Gasteiger partial charge in [-0.25, -0.2) is 0 Å². The highest BCUT2D eigenvalue weighted by Crippen LogP contribution is 2.08. The fraction of sp³-hybridized carbons (Fsp3) is 0.545. The van der Waals surface area contributed by atoms with Crippen molar-refractivity contribution >= 4 is 17.5 Å². The molecule has 0 radical (unpaired) electrons. The highest BCUT2D eigenvalue weighted by atomic mass is 35.5. The molecule has 0 bridgehead atoms. The van der Waals surface area contributed by atoms with Crippen molar-refractivity contribution in [2.45, 2.75) is 18.7 Å². The zero-order valence-corrected chi connectivity index (χ0v) is 10.2. The molecule has 5 heteroatoms. The van der Waals surface area contributed by atoms with E-state index >= 15 is 0 Å². The van der Waals surface area contributed by atoms with Gasteiger partial charge in [0.2, 0.25) is 0 Å². The Labute approximate surface area is 99.9 Å². The number of methoxy groups -OCH3 is 1. The SMILES string of the molecule is CCc1ccc(C(=O)NCC(Cl)COC)o1. The van der Waals surface area contributed by atoms with Crippen LogP contribution in [0.4, 0.5) is 0 Å². The van der Waals surface area contributed by atoms with Gasteiger partial charge in [0.1, 0.15) is 5.76 Å². The van der Waals surface area contributed by atoms with Gasteiger partial charge in [0.25, 0.3) is 5.91 Å². The lowest BCUT2D eigenvalue weighted by atomic mass is 10.3. The van der Waals surface area contributed by atoms with Crippen LogP contribution in [0.15, 0.2) is 16.5 Å². The van der Waals surface area contributed by atoms with E-state index in [0.29, 0.717) is 18.9 Å². The smallest absolute Gasteiger partial charge is 0.287 e. The number of furan rings is 1. The van der Waals surface area contributed by atoms with Crippen LogP contribution in [-0.2, 0) is 11.2 Å². The summed E-state index contributed by atoms with van der Waals surface area (Å²) < 4.78 is 10.2. The monoisotopic (exact) mass is 245 g/mol. The van der Waals surface area contributed by atoms with Crippen molar-refractivity contribution in [2.75, 3.05) is 20.3 Å². The number of rotatable bonds is 6. The average molecular weight is 246 g/mol. The quantitative estimate of drug-likeness (QED) is 0.778. The molecule has 0 saturated carbocycles. The number of hydrogen-bond acceptors (Lipinski definition) is 3. The fourth-order valence-corrected chi connectivity index (χ4v) is 1.42. The predicted octanol–water partition coefficient (Wildman–Crippen LogP) is 1.83. The van der Waals surface area contributed by atoms with Crippen molar-refractivity contribution in [1.82, 2.24) is 5.32 Å². The number of aryl methyl sites for hydroxylation is 1. The van der Waals surface area contributed by atoms with Crippen LogP contribution >= 0.6 is 11.6 Å². The van der Waals surface area contributed by atoms with E-state index in [1.54, 1.807) is 19.2 Å². The number of halogens is 1. The number of amides is 1.